The monoisotopic (exact) mass is 272 g/mol. The second-order valence-corrected chi connectivity index (χ2v) is 6.13. The van der Waals surface area contributed by atoms with Gasteiger partial charge in [-0.1, -0.05) is 30.3 Å². The molecule has 1 fully saturated rings. The molecule has 0 spiro atoms. The fourth-order valence-corrected chi connectivity index (χ4v) is 3.62. The first-order chi connectivity index (χ1) is 9.34. The molecule has 0 bridgehead atoms. The van der Waals surface area contributed by atoms with E-state index in [1.165, 1.54) is 16.0 Å². The smallest absolute Gasteiger partial charge is 0.0477 e. The third-order valence-electron chi connectivity index (χ3n) is 3.85. The van der Waals surface area contributed by atoms with Gasteiger partial charge in [0.1, 0.15) is 0 Å². The molecule has 1 N–H and O–H groups in total. The van der Waals surface area contributed by atoms with E-state index in [4.69, 9.17) is 0 Å². The van der Waals surface area contributed by atoms with Crippen LogP contribution in [0, 0.1) is 6.92 Å². The molecule has 0 radical (unpaired) electrons. The van der Waals surface area contributed by atoms with Crippen LogP contribution in [0.15, 0.2) is 41.8 Å². The predicted octanol–water partition coefficient (Wildman–Crippen LogP) is 3.20. The highest BCUT2D eigenvalue weighted by Gasteiger charge is 2.24. The first-order valence-electron chi connectivity index (χ1n) is 6.87. The van der Waals surface area contributed by atoms with E-state index in [-0.39, 0.29) is 0 Å². The van der Waals surface area contributed by atoms with E-state index in [0.717, 1.165) is 26.2 Å². The average Bonchev–Trinajstić information content (AvgIpc) is 2.86. The van der Waals surface area contributed by atoms with Crippen LogP contribution in [0.25, 0.3) is 0 Å². The lowest BCUT2D eigenvalue weighted by atomic mass is 10.0. The summed E-state index contributed by atoms with van der Waals surface area (Å²) in [5.74, 6) is 0. The minimum absolute atomic E-state index is 0.497. The first kappa shape index (κ1) is 12.9. The Morgan fingerprint density at radius 2 is 2.11 bits per heavy atom. The zero-order chi connectivity index (χ0) is 13.1. The molecular formula is C16H20N2S. The zero-order valence-corrected chi connectivity index (χ0v) is 12.1. The van der Waals surface area contributed by atoms with Gasteiger partial charge in [-0.3, -0.25) is 4.90 Å². The van der Waals surface area contributed by atoms with Gasteiger partial charge in [0.05, 0.1) is 0 Å². The number of benzene rings is 1. The molecular weight excluding hydrogens is 252 g/mol. The lowest BCUT2D eigenvalue weighted by Gasteiger charge is -2.36. The second-order valence-electron chi connectivity index (χ2n) is 5.13. The van der Waals surface area contributed by atoms with Crippen molar-refractivity contribution in [1.82, 2.24) is 10.2 Å². The quantitative estimate of drug-likeness (QED) is 0.923. The van der Waals surface area contributed by atoms with Crippen LogP contribution < -0.4 is 5.32 Å². The van der Waals surface area contributed by atoms with Gasteiger partial charge in [0.15, 0.2) is 0 Å². The molecule has 1 aromatic carbocycles. The standard InChI is InChI=1S/C16H20N2S/c1-13-7-10-19-16(13)12-18-9-8-17-11-15(18)14-5-3-2-4-6-14/h2-7,10,15,17H,8-9,11-12H2,1H3. The summed E-state index contributed by atoms with van der Waals surface area (Å²) in [6, 6.07) is 13.6. The maximum absolute atomic E-state index is 3.52. The molecule has 3 rings (SSSR count). The summed E-state index contributed by atoms with van der Waals surface area (Å²) < 4.78 is 0. The fourth-order valence-electron chi connectivity index (χ4n) is 2.69. The topological polar surface area (TPSA) is 15.3 Å². The van der Waals surface area contributed by atoms with Crippen molar-refractivity contribution in [2.45, 2.75) is 19.5 Å². The van der Waals surface area contributed by atoms with Gasteiger partial charge in [-0.2, -0.15) is 0 Å². The minimum atomic E-state index is 0.497. The lowest BCUT2D eigenvalue weighted by molar-refractivity contribution is 0.155. The number of rotatable bonds is 3. The Hall–Kier alpha value is -1.16. The number of aryl methyl sites for hydroxylation is 1. The van der Waals surface area contributed by atoms with Crippen LogP contribution in [0.1, 0.15) is 22.0 Å². The summed E-state index contributed by atoms with van der Waals surface area (Å²) in [7, 11) is 0. The number of nitrogens with one attached hydrogen (secondary N) is 1. The van der Waals surface area contributed by atoms with Crippen molar-refractivity contribution in [2.24, 2.45) is 0 Å². The van der Waals surface area contributed by atoms with Crippen molar-refractivity contribution in [3.63, 3.8) is 0 Å². The van der Waals surface area contributed by atoms with Gasteiger partial charge in [-0.15, -0.1) is 11.3 Å². The SMILES string of the molecule is Cc1ccsc1CN1CCNCC1c1ccccc1. The van der Waals surface area contributed by atoms with E-state index in [2.05, 4.69) is 58.9 Å². The second kappa shape index (κ2) is 5.87. The van der Waals surface area contributed by atoms with Gasteiger partial charge >= 0.3 is 0 Å². The molecule has 1 unspecified atom stereocenters. The van der Waals surface area contributed by atoms with E-state index in [9.17, 15) is 0 Å². The van der Waals surface area contributed by atoms with Crippen LogP contribution in [0.5, 0.6) is 0 Å². The van der Waals surface area contributed by atoms with Gasteiger partial charge in [0, 0.05) is 37.1 Å². The number of piperazine rings is 1. The van der Waals surface area contributed by atoms with Gasteiger partial charge in [-0.25, -0.2) is 0 Å². The molecule has 1 aromatic heterocycles. The fraction of sp³-hybridized carbons (Fsp3) is 0.375. The maximum Gasteiger partial charge on any atom is 0.0477 e. The van der Waals surface area contributed by atoms with Crippen molar-refractivity contribution in [3.8, 4) is 0 Å². The van der Waals surface area contributed by atoms with Crippen LogP contribution >= 0.6 is 11.3 Å². The molecule has 1 aliphatic heterocycles. The van der Waals surface area contributed by atoms with E-state index in [1.807, 2.05) is 11.3 Å². The summed E-state index contributed by atoms with van der Waals surface area (Å²) in [5, 5.41) is 5.72. The summed E-state index contributed by atoms with van der Waals surface area (Å²) in [4.78, 5) is 4.10. The first-order valence-corrected chi connectivity index (χ1v) is 7.75. The Morgan fingerprint density at radius 3 is 2.84 bits per heavy atom. The molecule has 0 amide bonds. The third-order valence-corrected chi connectivity index (χ3v) is 4.86. The summed E-state index contributed by atoms with van der Waals surface area (Å²) >= 11 is 1.88. The predicted molar refractivity (Wildman–Crippen MR) is 81.5 cm³/mol. The molecule has 100 valence electrons. The van der Waals surface area contributed by atoms with Crippen molar-refractivity contribution < 1.29 is 0 Å². The number of thiophene rings is 1. The molecule has 19 heavy (non-hydrogen) atoms. The Morgan fingerprint density at radius 1 is 1.26 bits per heavy atom. The number of hydrogen-bond acceptors (Lipinski definition) is 3. The van der Waals surface area contributed by atoms with Gasteiger partial charge in [0.2, 0.25) is 0 Å². The highest BCUT2D eigenvalue weighted by Crippen LogP contribution is 2.26. The summed E-state index contributed by atoms with van der Waals surface area (Å²) in [6.45, 7) is 6.55. The zero-order valence-electron chi connectivity index (χ0n) is 11.3. The molecule has 0 saturated carbocycles. The van der Waals surface area contributed by atoms with Crippen LogP contribution in [0.4, 0.5) is 0 Å². The average molecular weight is 272 g/mol. The Balaban J connectivity index is 1.80. The lowest BCUT2D eigenvalue weighted by Crippen LogP contribution is -2.45. The summed E-state index contributed by atoms with van der Waals surface area (Å²) in [6.07, 6.45) is 0. The van der Waals surface area contributed by atoms with Gasteiger partial charge < -0.3 is 5.32 Å². The number of nitrogens with zero attached hydrogens (tertiary/aromatic N) is 1. The number of hydrogen-bond donors (Lipinski definition) is 1. The van der Waals surface area contributed by atoms with Crippen molar-refractivity contribution in [3.05, 3.63) is 57.8 Å². The van der Waals surface area contributed by atoms with Crippen molar-refractivity contribution in [2.75, 3.05) is 19.6 Å². The van der Waals surface area contributed by atoms with Crippen molar-refractivity contribution in [1.29, 1.82) is 0 Å². The molecule has 2 nitrogen and oxygen atoms in total. The Labute approximate surface area is 119 Å². The molecule has 1 aliphatic rings. The van der Waals surface area contributed by atoms with Crippen LogP contribution in [-0.4, -0.2) is 24.5 Å². The van der Waals surface area contributed by atoms with Gasteiger partial charge in [0.25, 0.3) is 0 Å². The Kier molecular flexibility index (Phi) is 3.97. The Bertz CT molecular complexity index is 521. The highest BCUT2D eigenvalue weighted by atomic mass is 32.1. The molecule has 0 aliphatic carbocycles. The largest absolute Gasteiger partial charge is 0.314 e. The van der Waals surface area contributed by atoms with E-state index in [0.29, 0.717) is 6.04 Å². The third kappa shape index (κ3) is 2.89. The summed E-state index contributed by atoms with van der Waals surface area (Å²) in [5.41, 5.74) is 2.85. The normalized spacial score (nSPS) is 20.6. The molecule has 2 heterocycles. The molecule has 1 atom stereocenters. The van der Waals surface area contributed by atoms with Crippen LogP contribution in [0.2, 0.25) is 0 Å². The minimum Gasteiger partial charge on any atom is -0.314 e. The van der Waals surface area contributed by atoms with Crippen LogP contribution in [-0.2, 0) is 6.54 Å². The van der Waals surface area contributed by atoms with E-state index in [1.54, 1.807) is 0 Å². The molecule has 1 saturated heterocycles. The van der Waals surface area contributed by atoms with Crippen LogP contribution in [0.3, 0.4) is 0 Å². The van der Waals surface area contributed by atoms with E-state index >= 15 is 0 Å². The van der Waals surface area contributed by atoms with E-state index < -0.39 is 0 Å². The maximum atomic E-state index is 3.52. The van der Waals surface area contributed by atoms with Gasteiger partial charge in [-0.05, 0) is 29.5 Å². The highest BCUT2D eigenvalue weighted by molar-refractivity contribution is 7.10. The molecule has 3 heteroatoms. The van der Waals surface area contributed by atoms with Crippen molar-refractivity contribution >= 4 is 11.3 Å². The molecule has 2 aromatic rings.